The molecule has 4 rings (SSSR count). The lowest BCUT2D eigenvalue weighted by Crippen LogP contribution is -2.44. The third kappa shape index (κ3) is 3.07. The van der Waals surface area contributed by atoms with Gasteiger partial charge in [-0.15, -0.1) is 0 Å². The van der Waals surface area contributed by atoms with Gasteiger partial charge in [0.25, 0.3) is 5.91 Å². The van der Waals surface area contributed by atoms with Crippen LogP contribution in [0.15, 0.2) is 60.8 Å². The van der Waals surface area contributed by atoms with Crippen LogP contribution in [0.2, 0.25) is 0 Å². The standard InChI is InChI=1S/C22H22N4O2/c1-15-13-16(2)26-20(24-15)19(14-23-26)21(27)25-22(11-5-4-6-12-22)17-7-9-18(28-3)10-8-17/h4-11,13-14H,12H2,1-3H3,(H,25,27). The number of hydrogen-bond acceptors (Lipinski definition) is 4. The van der Waals surface area contributed by atoms with Crippen molar-refractivity contribution in [2.45, 2.75) is 25.8 Å². The number of nitrogens with zero attached hydrogens (tertiary/aromatic N) is 3. The summed E-state index contributed by atoms with van der Waals surface area (Å²) in [6.45, 7) is 3.86. The molecule has 0 fully saturated rings. The number of carbonyl (C=O) groups excluding carboxylic acids is 1. The highest BCUT2D eigenvalue weighted by atomic mass is 16.5. The number of rotatable bonds is 4. The molecule has 2 heterocycles. The zero-order chi connectivity index (χ0) is 19.7. The third-order valence-corrected chi connectivity index (χ3v) is 5.03. The monoisotopic (exact) mass is 374 g/mol. The van der Waals surface area contributed by atoms with Crippen molar-refractivity contribution in [2.24, 2.45) is 0 Å². The lowest BCUT2D eigenvalue weighted by Gasteiger charge is -2.33. The van der Waals surface area contributed by atoms with E-state index in [0.717, 1.165) is 22.7 Å². The number of aryl methyl sites for hydroxylation is 2. The fraction of sp³-hybridized carbons (Fsp3) is 0.227. The number of allylic oxidation sites excluding steroid dienone is 2. The first-order valence-electron chi connectivity index (χ1n) is 9.16. The Morgan fingerprint density at radius 3 is 2.68 bits per heavy atom. The Bertz CT molecular complexity index is 1100. The Morgan fingerprint density at radius 1 is 1.21 bits per heavy atom. The molecule has 142 valence electrons. The number of carbonyl (C=O) groups is 1. The van der Waals surface area contributed by atoms with Gasteiger partial charge in [-0.25, -0.2) is 9.50 Å². The Hall–Kier alpha value is -3.41. The largest absolute Gasteiger partial charge is 0.497 e. The van der Waals surface area contributed by atoms with Crippen molar-refractivity contribution in [1.82, 2.24) is 19.9 Å². The van der Waals surface area contributed by atoms with Crippen molar-refractivity contribution in [2.75, 3.05) is 7.11 Å². The minimum atomic E-state index is -0.634. The quantitative estimate of drug-likeness (QED) is 0.759. The van der Waals surface area contributed by atoms with Gasteiger partial charge in [0.1, 0.15) is 11.3 Å². The molecule has 1 aliphatic carbocycles. The van der Waals surface area contributed by atoms with E-state index in [2.05, 4.69) is 15.4 Å². The number of hydrogen-bond donors (Lipinski definition) is 1. The van der Waals surface area contributed by atoms with Crippen molar-refractivity contribution in [3.63, 3.8) is 0 Å². The summed E-state index contributed by atoms with van der Waals surface area (Å²) in [6, 6.07) is 9.70. The predicted molar refractivity (Wildman–Crippen MR) is 107 cm³/mol. The lowest BCUT2D eigenvalue weighted by molar-refractivity contribution is 0.0917. The summed E-state index contributed by atoms with van der Waals surface area (Å²) in [4.78, 5) is 17.7. The van der Waals surface area contributed by atoms with E-state index in [0.29, 0.717) is 17.6 Å². The molecule has 1 N–H and O–H groups in total. The van der Waals surface area contributed by atoms with Crippen LogP contribution in [0.25, 0.3) is 5.65 Å². The third-order valence-electron chi connectivity index (χ3n) is 5.03. The highest BCUT2D eigenvalue weighted by Gasteiger charge is 2.32. The van der Waals surface area contributed by atoms with Crippen LogP contribution >= 0.6 is 0 Å². The topological polar surface area (TPSA) is 68.5 Å². The molecule has 0 saturated heterocycles. The second-order valence-corrected chi connectivity index (χ2v) is 6.98. The molecule has 1 aliphatic rings. The number of ether oxygens (including phenoxy) is 1. The van der Waals surface area contributed by atoms with E-state index < -0.39 is 5.54 Å². The molecule has 2 aromatic heterocycles. The predicted octanol–water partition coefficient (Wildman–Crippen LogP) is 3.50. The average Bonchev–Trinajstić information content (AvgIpc) is 3.13. The molecular formula is C22H22N4O2. The molecule has 3 aromatic rings. The molecule has 6 nitrogen and oxygen atoms in total. The molecule has 0 radical (unpaired) electrons. The summed E-state index contributed by atoms with van der Waals surface area (Å²) in [5, 5.41) is 7.54. The maximum absolute atomic E-state index is 13.2. The number of benzene rings is 1. The van der Waals surface area contributed by atoms with Gasteiger partial charge in [0, 0.05) is 11.4 Å². The maximum Gasteiger partial charge on any atom is 0.257 e. The zero-order valence-electron chi connectivity index (χ0n) is 16.1. The van der Waals surface area contributed by atoms with Gasteiger partial charge in [-0.05, 0) is 44.0 Å². The van der Waals surface area contributed by atoms with Crippen molar-refractivity contribution < 1.29 is 9.53 Å². The Labute approximate surface area is 163 Å². The van der Waals surface area contributed by atoms with Crippen molar-refractivity contribution >= 4 is 11.6 Å². The highest BCUT2D eigenvalue weighted by molar-refractivity contribution is 6.00. The summed E-state index contributed by atoms with van der Waals surface area (Å²) in [5.74, 6) is 0.571. The smallest absolute Gasteiger partial charge is 0.257 e. The second-order valence-electron chi connectivity index (χ2n) is 6.98. The molecule has 1 aromatic carbocycles. The molecular weight excluding hydrogens is 352 g/mol. The van der Waals surface area contributed by atoms with Crippen LogP contribution in [0.5, 0.6) is 5.75 Å². The lowest BCUT2D eigenvalue weighted by atomic mass is 9.83. The van der Waals surface area contributed by atoms with Crippen LogP contribution in [0.1, 0.15) is 33.7 Å². The van der Waals surface area contributed by atoms with E-state index in [-0.39, 0.29) is 5.91 Å². The Balaban J connectivity index is 1.72. The summed E-state index contributed by atoms with van der Waals surface area (Å²) in [6.07, 6.45) is 10.2. The fourth-order valence-electron chi connectivity index (χ4n) is 3.59. The SMILES string of the molecule is COc1ccc(C2(NC(=O)c3cnn4c(C)cc(C)nc34)C=CC=CC2)cc1. The molecule has 0 saturated carbocycles. The van der Waals surface area contributed by atoms with Gasteiger partial charge in [0.2, 0.25) is 0 Å². The average molecular weight is 374 g/mol. The van der Waals surface area contributed by atoms with Crippen molar-refractivity contribution in [3.8, 4) is 5.75 Å². The first kappa shape index (κ1) is 18.0. The van der Waals surface area contributed by atoms with Gasteiger partial charge in [-0.2, -0.15) is 5.10 Å². The second kappa shape index (κ2) is 6.96. The first-order chi connectivity index (χ1) is 13.5. The van der Waals surface area contributed by atoms with E-state index in [1.807, 2.05) is 68.5 Å². The molecule has 0 spiro atoms. The number of methoxy groups -OCH3 is 1. The summed E-state index contributed by atoms with van der Waals surface area (Å²) < 4.78 is 6.95. The molecule has 0 aliphatic heterocycles. The van der Waals surface area contributed by atoms with Gasteiger partial charge in [-0.1, -0.05) is 36.4 Å². The minimum absolute atomic E-state index is 0.205. The fourth-order valence-corrected chi connectivity index (χ4v) is 3.59. The van der Waals surface area contributed by atoms with Crippen LogP contribution in [-0.2, 0) is 5.54 Å². The zero-order valence-corrected chi connectivity index (χ0v) is 16.1. The summed E-state index contributed by atoms with van der Waals surface area (Å²) in [7, 11) is 1.64. The van der Waals surface area contributed by atoms with Gasteiger partial charge < -0.3 is 10.1 Å². The Kier molecular flexibility index (Phi) is 4.47. The van der Waals surface area contributed by atoms with Gasteiger partial charge in [0.05, 0.1) is 18.8 Å². The first-order valence-corrected chi connectivity index (χ1v) is 9.16. The molecule has 1 unspecified atom stereocenters. The normalized spacial score (nSPS) is 18.4. The van der Waals surface area contributed by atoms with E-state index in [9.17, 15) is 4.79 Å². The van der Waals surface area contributed by atoms with Crippen molar-refractivity contribution in [3.05, 3.63) is 83.3 Å². The number of amides is 1. The van der Waals surface area contributed by atoms with Crippen LogP contribution < -0.4 is 10.1 Å². The molecule has 1 amide bonds. The van der Waals surface area contributed by atoms with Gasteiger partial charge in [-0.3, -0.25) is 4.79 Å². The van der Waals surface area contributed by atoms with Crippen LogP contribution in [0.3, 0.4) is 0 Å². The number of nitrogens with one attached hydrogen (secondary N) is 1. The van der Waals surface area contributed by atoms with Gasteiger partial charge >= 0.3 is 0 Å². The minimum Gasteiger partial charge on any atom is -0.497 e. The van der Waals surface area contributed by atoms with E-state index in [4.69, 9.17) is 4.74 Å². The van der Waals surface area contributed by atoms with Crippen LogP contribution in [0, 0.1) is 13.8 Å². The summed E-state index contributed by atoms with van der Waals surface area (Å²) in [5.41, 5.74) is 3.17. The Morgan fingerprint density at radius 2 is 2.00 bits per heavy atom. The van der Waals surface area contributed by atoms with Crippen LogP contribution in [0.4, 0.5) is 0 Å². The molecule has 0 bridgehead atoms. The van der Waals surface area contributed by atoms with Crippen molar-refractivity contribution in [1.29, 1.82) is 0 Å². The molecule has 28 heavy (non-hydrogen) atoms. The van der Waals surface area contributed by atoms with E-state index in [1.54, 1.807) is 17.8 Å². The van der Waals surface area contributed by atoms with E-state index in [1.165, 1.54) is 0 Å². The van der Waals surface area contributed by atoms with E-state index >= 15 is 0 Å². The molecule has 1 atom stereocenters. The molecule has 6 heteroatoms. The summed E-state index contributed by atoms with van der Waals surface area (Å²) >= 11 is 0. The van der Waals surface area contributed by atoms with Gasteiger partial charge in [0.15, 0.2) is 5.65 Å². The highest BCUT2D eigenvalue weighted by Crippen LogP contribution is 2.32. The van der Waals surface area contributed by atoms with Crippen LogP contribution in [-0.4, -0.2) is 27.6 Å². The number of fused-ring (bicyclic) bond motifs is 1. The number of aromatic nitrogens is 3. The maximum atomic E-state index is 13.2.